The van der Waals surface area contributed by atoms with Crippen molar-refractivity contribution in [2.45, 2.75) is 78.6 Å². The van der Waals surface area contributed by atoms with Gasteiger partial charge in [0.25, 0.3) is 0 Å². The highest BCUT2D eigenvalue weighted by Gasteiger charge is 2.53. The fourth-order valence-corrected chi connectivity index (χ4v) is 5.84. The third-order valence-corrected chi connectivity index (χ3v) is 11.5. The topological polar surface area (TPSA) is 52.6 Å². The molecule has 0 heterocycles. The molecule has 27 heavy (non-hydrogen) atoms. The van der Waals surface area contributed by atoms with Gasteiger partial charge in [-0.3, -0.25) is 4.79 Å². The summed E-state index contributed by atoms with van der Waals surface area (Å²) in [5.74, 6) is 0.0470. The maximum atomic E-state index is 12.8. The van der Waals surface area contributed by atoms with E-state index in [2.05, 4.69) is 52.9 Å². The van der Waals surface area contributed by atoms with Gasteiger partial charge in [0.15, 0.2) is 8.32 Å². The summed E-state index contributed by atoms with van der Waals surface area (Å²) in [5, 5.41) is 0.0765. The molecule has 6 atom stereocenters. The summed E-state index contributed by atoms with van der Waals surface area (Å²) in [5.41, 5.74) is -0.404. The number of fused-ring (bicyclic) bond motifs is 1. The van der Waals surface area contributed by atoms with Gasteiger partial charge in [-0.15, -0.1) is 0 Å². The molecule has 0 amide bonds. The average Bonchev–Trinajstić information content (AvgIpc) is 2.54. The van der Waals surface area contributed by atoms with Crippen LogP contribution in [0.3, 0.4) is 0 Å². The van der Waals surface area contributed by atoms with E-state index in [1.165, 1.54) is 0 Å². The zero-order valence-electron chi connectivity index (χ0n) is 18.4. The van der Waals surface area contributed by atoms with Crippen LogP contribution in [0.15, 0.2) is 12.2 Å². The van der Waals surface area contributed by atoms with Gasteiger partial charge in [-0.25, -0.2) is 0 Å². The van der Waals surface area contributed by atoms with E-state index < -0.39 is 13.7 Å². The van der Waals surface area contributed by atoms with E-state index in [1.807, 2.05) is 13.8 Å². The summed E-state index contributed by atoms with van der Waals surface area (Å²) in [6.45, 7) is 17.5. The summed E-state index contributed by atoms with van der Waals surface area (Å²) in [6.07, 6.45) is 6.80. The maximum Gasteiger partial charge on any atom is 0.309 e. The third-order valence-electron chi connectivity index (χ3n) is 7.03. The highest BCUT2D eigenvalue weighted by Crippen LogP contribution is 2.52. The first-order valence-electron chi connectivity index (χ1n) is 10.3. The number of hydrogen-bond acceptors (Lipinski definition) is 4. The molecular formula is C22H38O4Si. The Balaban J connectivity index is 2.44. The summed E-state index contributed by atoms with van der Waals surface area (Å²) >= 11 is 0. The van der Waals surface area contributed by atoms with Crippen molar-refractivity contribution in [1.82, 2.24) is 0 Å². The number of aldehydes is 1. The van der Waals surface area contributed by atoms with Crippen LogP contribution in [0.4, 0.5) is 0 Å². The highest BCUT2D eigenvalue weighted by molar-refractivity contribution is 6.74. The highest BCUT2D eigenvalue weighted by atomic mass is 28.4. The van der Waals surface area contributed by atoms with Crippen molar-refractivity contribution in [3.05, 3.63) is 12.2 Å². The molecule has 1 fully saturated rings. The molecule has 0 spiro atoms. The fourth-order valence-electron chi connectivity index (χ4n) is 4.49. The number of carbonyl (C=O) groups is 2. The molecule has 0 aromatic rings. The number of ether oxygens (including phenoxy) is 1. The van der Waals surface area contributed by atoms with Crippen molar-refractivity contribution in [3.63, 3.8) is 0 Å². The van der Waals surface area contributed by atoms with Gasteiger partial charge >= 0.3 is 5.97 Å². The van der Waals surface area contributed by atoms with E-state index in [0.717, 1.165) is 12.7 Å². The van der Waals surface area contributed by atoms with Crippen molar-refractivity contribution >= 4 is 20.6 Å². The molecule has 4 nitrogen and oxygen atoms in total. The van der Waals surface area contributed by atoms with Crippen LogP contribution in [0.2, 0.25) is 18.1 Å². The number of allylic oxidation sites excluding steroid dienone is 2. The van der Waals surface area contributed by atoms with Crippen LogP contribution < -0.4 is 0 Å². The van der Waals surface area contributed by atoms with Crippen molar-refractivity contribution in [1.29, 1.82) is 0 Å². The first-order chi connectivity index (χ1) is 12.3. The van der Waals surface area contributed by atoms with Crippen molar-refractivity contribution in [3.8, 4) is 0 Å². The standard InChI is InChI=1S/C22H38O4Si/c1-9-25-20(24)18-15(2)10-11-16-12-22(6,14-23)13-17(19(16)18)26-27(7,8)21(3,4)5/h10-11,14-19H,9,12-13H2,1-8H3/t15-,16-,17-,18-,19+,22-/m0/s1. The second kappa shape index (κ2) is 7.82. The zero-order chi connectivity index (χ0) is 20.6. The number of hydrogen-bond donors (Lipinski definition) is 0. The predicted octanol–water partition coefficient (Wildman–Crippen LogP) is 4.99. The van der Waals surface area contributed by atoms with Gasteiger partial charge in [-0.2, -0.15) is 0 Å². The molecule has 0 aliphatic heterocycles. The lowest BCUT2D eigenvalue weighted by Crippen LogP contribution is -2.55. The van der Waals surface area contributed by atoms with E-state index in [1.54, 1.807) is 0 Å². The van der Waals surface area contributed by atoms with Crippen LogP contribution in [0.5, 0.6) is 0 Å². The van der Waals surface area contributed by atoms with E-state index >= 15 is 0 Å². The number of carbonyl (C=O) groups excluding carboxylic acids is 2. The van der Waals surface area contributed by atoms with E-state index in [-0.39, 0.29) is 40.8 Å². The molecule has 2 aliphatic carbocycles. The molecule has 0 N–H and O–H groups in total. The van der Waals surface area contributed by atoms with Crippen LogP contribution in [0.1, 0.15) is 54.4 Å². The minimum atomic E-state index is -2.04. The minimum Gasteiger partial charge on any atom is -0.466 e. The Labute approximate surface area is 166 Å². The van der Waals surface area contributed by atoms with Gasteiger partial charge in [0.05, 0.1) is 18.6 Å². The van der Waals surface area contributed by atoms with Gasteiger partial charge < -0.3 is 14.0 Å². The predicted molar refractivity (Wildman–Crippen MR) is 111 cm³/mol. The van der Waals surface area contributed by atoms with E-state index in [9.17, 15) is 9.59 Å². The fraction of sp³-hybridized carbons (Fsp3) is 0.818. The Morgan fingerprint density at radius 2 is 1.89 bits per heavy atom. The van der Waals surface area contributed by atoms with Crippen molar-refractivity contribution < 1.29 is 18.8 Å². The third kappa shape index (κ3) is 4.56. The lowest BCUT2D eigenvalue weighted by atomic mass is 9.58. The SMILES string of the molecule is CCOC(=O)[C@@H]1[C@H]2[C@@H](O[Si](C)(C)C(C)(C)C)C[C@@](C)(C=O)C[C@@H]2C=C[C@@H]1C. The maximum absolute atomic E-state index is 12.8. The molecule has 0 aromatic heterocycles. The molecule has 0 unspecified atom stereocenters. The Kier molecular flexibility index (Phi) is 6.47. The normalized spacial score (nSPS) is 36.8. The van der Waals surface area contributed by atoms with E-state index in [4.69, 9.17) is 9.16 Å². The van der Waals surface area contributed by atoms with Gasteiger partial charge in [0.2, 0.25) is 0 Å². The zero-order valence-corrected chi connectivity index (χ0v) is 19.4. The molecule has 0 saturated heterocycles. The minimum absolute atomic E-state index is 0.0752. The first-order valence-corrected chi connectivity index (χ1v) is 13.2. The second-order valence-electron chi connectivity index (χ2n) is 10.4. The molecule has 154 valence electrons. The largest absolute Gasteiger partial charge is 0.466 e. The summed E-state index contributed by atoms with van der Waals surface area (Å²) in [7, 11) is -2.04. The molecule has 5 heteroatoms. The average molecular weight is 395 g/mol. The molecule has 0 radical (unpaired) electrons. The summed E-state index contributed by atoms with van der Waals surface area (Å²) < 4.78 is 12.3. The Morgan fingerprint density at radius 3 is 2.41 bits per heavy atom. The Bertz CT molecular complexity index is 592. The van der Waals surface area contributed by atoms with Gasteiger partial charge in [-0.1, -0.05) is 46.8 Å². The molecule has 2 rings (SSSR count). The van der Waals surface area contributed by atoms with Crippen molar-refractivity contribution in [2.75, 3.05) is 6.61 Å². The van der Waals surface area contributed by atoms with E-state index in [0.29, 0.717) is 13.0 Å². The van der Waals surface area contributed by atoms with Gasteiger partial charge in [0.1, 0.15) is 6.29 Å². The van der Waals surface area contributed by atoms with Crippen molar-refractivity contribution in [2.24, 2.45) is 29.1 Å². The Morgan fingerprint density at radius 1 is 1.26 bits per heavy atom. The van der Waals surface area contributed by atoms with Crippen LogP contribution in [-0.4, -0.2) is 33.3 Å². The smallest absolute Gasteiger partial charge is 0.309 e. The summed E-state index contributed by atoms with van der Waals surface area (Å²) in [6, 6.07) is 0. The van der Waals surface area contributed by atoms with Crippen LogP contribution in [0, 0.1) is 29.1 Å². The second-order valence-corrected chi connectivity index (χ2v) is 15.1. The quantitative estimate of drug-likeness (QED) is 0.285. The number of rotatable bonds is 5. The lowest BCUT2D eigenvalue weighted by molar-refractivity contribution is -0.158. The lowest BCUT2D eigenvalue weighted by Gasteiger charge is -2.52. The summed E-state index contributed by atoms with van der Waals surface area (Å²) in [4.78, 5) is 24.7. The molecule has 2 aliphatic rings. The van der Waals surface area contributed by atoms with Crippen LogP contribution in [0.25, 0.3) is 0 Å². The number of esters is 1. The van der Waals surface area contributed by atoms with Crippen LogP contribution >= 0.6 is 0 Å². The Hall–Kier alpha value is -0.943. The molecule has 0 bridgehead atoms. The van der Waals surface area contributed by atoms with Crippen LogP contribution in [-0.2, 0) is 18.8 Å². The monoisotopic (exact) mass is 394 g/mol. The van der Waals surface area contributed by atoms with Gasteiger partial charge in [0, 0.05) is 11.3 Å². The molecule has 0 aromatic carbocycles. The first kappa shape index (κ1) is 22.3. The molecular weight excluding hydrogens is 356 g/mol. The molecule has 1 saturated carbocycles. The van der Waals surface area contributed by atoms with Gasteiger partial charge in [-0.05, 0) is 49.7 Å².